The summed E-state index contributed by atoms with van der Waals surface area (Å²) in [5.74, 6) is -1.46. The molecule has 0 aromatic heterocycles. The second kappa shape index (κ2) is 6.53. The summed E-state index contributed by atoms with van der Waals surface area (Å²) in [6.45, 7) is 2.79. The maximum Gasteiger partial charge on any atom is 0.327 e. The summed E-state index contributed by atoms with van der Waals surface area (Å²) < 4.78 is 5.19. The van der Waals surface area contributed by atoms with E-state index in [2.05, 4.69) is 5.32 Å². The topological polar surface area (TPSA) is 99.1 Å². The molecule has 1 aliphatic rings. The number of aliphatic hydroxyl groups is 1. The Morgan fingerprint density at radius 1 is 1.59 bits per heavy atom. The summed E-state index contributed by atoms with van der Waals surface area (Å²) in [7, 11) is 0. The van der Waals surface area contributed by atoms with Crippen molar-refractivity contribution in [1.29, 1.82) is 0 Å². The summed E-state index contributed by atoms with van der Waals surface area (Å²) in [4.78, 5) is 23.7. The molecule has 7 nitrogen and oxygen atoms in total. The first-order valence-electron chi connectivity index (χ1n) is 5.47. The number of hydrogen-bond donors (Lipinski definition) is 3. The summed E-state index contributed by atoms with van der Waals surface area (Å²) in [6.07, 6.45) is 0. The highest BCUT2D eigenvalue weighted by Crippen LogP contribution is 2.07. The Hall–Kier alpha value is -1.18. The van der Waals surface area contributed by atoms with E-state index in [1.165, 1.54) is 6.92 Å². The van der Waals surface area contributed by atoms with Gasteiger partial charge >= 0.3 is 5.97 Å². The van der Waals surface area contributed by atoms with E-state index in [1.807, 2.05) is 4.90 Å². The van der Waals surface area contributed by atoms with E-state index in [4.69, 9.17) is 14.9 Å². The van der Waals surface area contributed by atoms with Crippen LogP contribution in [0.25, 0.3) is 0 Å². The van der Waals surface area contributed by atoms with Crippen LogP contribution >= 0.6 is 0 Å². The van der Waals surface area contributed by atoms with Crippen molar-refractivity contribution in [3.05, 3.63) is 0 Å². The van der Waals surface area contributed by atoms with Crippen LogP contribution in [0.4, 0.5) is 0 Å². The number of ether oxygens (including phenoxy) is 1. The zero-order valence-corrected chi connectivity index (χ0v) is 9.76. The fourth-order valence-electron chi connectivity index (χ4n) is 1.76. The monoisotopic (exact) mass is 246 g/mol. The van der Waals surface area contributed by atoms with Gasteiger partial charge in [0.05, 0.1) is 25.9 Å². The van der Waals surface area contributed by atoms with Gasteiger partial charge in [-0.1, -0.05) is 0 Å². The minimum Gasteiger partial charge on any atom is -0.480 e. The van der Waals surface area contributed by atoms with Gasteiger partial charge in [0.2, 0.25) is 5.91 Å². The van der Waals surface area contributed by atoms with E-state index < -0.39 is 12.0 Å². The molecule has 17 heavy (non-hydrogen) atoms. The molecule has 98 valence electrons. The standard InChI is InChI=1S/C10H18N2O5/c1-7(14)11-9(10(15)16)4-12-2-3-17-6-8(12)5-13/h8-9,13H,2-6H2,1H3,(H,11,14)(H,15,16). The van der Waals surface area contributed by atoms with Gasteiger partial charge in [-0.05, 0) is 0 Å². The van der Waals surface area contributed by atoms with Crippen LogP contribution < -0.4 is 5.32 Å². The van der Waals surface area contributed by atoms with Crippen LogP contribution in [0.5, 0.6) is 0 Å². The average molecular weight is 246 g/mol. The fourth-order valence-corrected chi connectivity index (χ4v) is 1.76. The van der Waals surface area contributed by atoms with E-state index in [0.717, 1.165) is 0 Å². The molecule has 3 N–H and O–H groups in total. The van der Waals surface area contributed by atoms with E-state index in [9.17, 15) is 9.59 Å². The molecular formula is C10H18N2O5. The van der Waals surface area contributed by atoms with E-state index >= 15 is 0 Å². The maximum atomic E-state index is 11.0. The number of rotatable bonds is 5. The zero-order chi connectivity index (χ0) is 12.8. The summed E-state index contributed by atoms with van der Waals surface area (Å²) in [6, 6.07) is -1.17. The normalized spacial score (nSPS) is 23.1. The third kappa shape index (κ3) is 4.29. The van der Waals surface area contributed by atoms with Crippen LogP contribution in [0, 0.1) is 0 Å². The van der Waals surface area contributed by atoms with Gasteiger partial charge in [-0.3, -0.25) is 9.69 Å². The van der Waals surface area contributed by atoms with Crippen LogP contribution in [0.3, 0.4) is 0 Å². The van der Waals surface area contributed by atoms with Crippen molar-refractivity contribution in [3.8, 4) is 0 Å². The van der Waals surface area contributed by atoms with Gasteiger partial charge in [0.1, 0.15) is 6.04 Å². The number of aliphatic carboxylic acids is 1. The molecule has 1 saturated heterocycles. The highest BCUT2D eigenvalue weighted by atomic mass is 16.5. The average Bonchev–Trinajstić information content (AvgIpc) is 2.28. The Labute approximate surface area is 99.4 Å². The van der Waals surface area contributed by atoms with Gasteiger partial charge in [-0.15, -0.1) is 0 Å². The summed E-state index contributed by atoms with van der Waals surface area (Å²) in [5, 5.41) is 20.5. The third-order valence-electron chi connectivity index (χ3n) is 2.65. The molecule has 2 unspecified atom stereocenters. The van der Waals surface area contributed by atoms with Crippen LogP contribution in [0.1, 0.15) is 6.92 Å². The van der Waals surface area contributed by atoms with Crippen molar-refractivity contribution < 1.29 is 24.5 Å². The zero-order valence-electron chi connectivity index (χ0n) is 9.76. The minimum absolute atomic E-state index is 0.0909. The summed E-state index contributed by atoms with van der Waals surface area (Å²) in [5.41, 5.74) is 0. The van der Waals surface area contributed by atoms with Crippen molar-refractivity contribution in [2.45, 2.75) is 19.0 Å². The van der Waals surface area contributed by atoms with E-state index in [0.29, 0.717) is 19.8 Å². The second-order valence-corrected chi connectivity index (χ2v) is 4.00. The molecule has 1 amide bonds. The van der Waals surface area contributed by atoms with Gasteiger partial charge in [0, 0.05) is 20.0 Å². The SMILES string of the molecule is CC(=O)NC(CN1CCOCC1CO)C(=O)O. The van der Waals surface area contributed by atoms with E-state index in [-0.39, 0.29) is 25.1 Å². The Morgan fingerprint density at radius 3 is 2.82 bits per heavy atom. The molecule has 0 spiro atoms. The lowest BCUT2D eigenvalue weighted by atomic mass is 10.2. The maximum absolute atomic E-state index is 11.0. The van der Waals surface area contributed by atoms with Gasteiger partial charge in [0.25, 0.3) is 0 Å². The van der Waals surface area contributed by atoms with Gasteiger partial charge in [-0.25, -0.2) is 4.79 Å². The number of hydrogen-bond acceptors (Lipinski definition) is 5. The lowest BCUT2D eigenvalue weighted by Crippen LogP contribution is -2.55. The predicted octanol–water partition coefficient (Wildman–Crippen LogP) is -1.73. The number of amides is 1. The molecule has 1 heterocycles. The van der Waals surface area contributed by atoms with Crippen molar-refractivity contribution in [2.75, 3.05) is 32.9 Å². The molecule has 0 saturated carbocycles. The molecule has 0 aromatic rings. The van der Waals surface area contributed by atoms with Crippen molar-refractivity contribution in [3.63, 3.8) is 0 Å². The Kier molecular flexibility index (Phi) is 5.33. The molecule has 0 aromatic carbocycles. The molecule has 1 fully saturated rings. The molecular weight excluding hydrogens is 228 g/mol. The smallest absolute Gasteiger partial charge is 0.327 e. The second-order valence-electron chi connectivity index (χ2n) is 4.00. The highest BCUT2D eigenvalue weighted by Gasteiger charge is 2.28. The van der Waals surface area contributed by atoms with Crippen LogP contribution in [-0.2, 0) is 14.3 Å². The number of morpholine rings is 1. The molecule has 1 aliphatic heterocycles. The van der Waals surface area contributed by atoms with Crippen LogP contribution in [0.2, 0.25) is 0 Å². The first-order chi connectivity index (χ1) is 8.04. The molecule has 2 atom stereocenters. The minimum atomic E-state index is -1.08. The molecule has 1 rings (SSSR count). The number of nitrogens with zero attached hydrogens (tertiary/aromatic N) is 1. The van der Waals surface area contributed by atoms with Gasteiger partial charge in [0.15, 0.2) is 0 Å². The first-order valence-corrected chi connectivity index (χ1v) is 5.47. The summed E-state index contributed by atoms with van der Waals surface area (Å²) >= 11 is 0. The number of aliphatic hydroxyl groups excluding tert-OH is 1. The fraction of sp³-hybridized carbons (Fsp3) is 0.800. The first kappa shape index (κ1) is 13.9. The molecule has 0 aliphatic carbocycles. The third-order valence-corrected chi connectivity index (χ3v) is 2.65. The lowest BCUT2D eigenvalue weighted by molar-refractivity contribution is -0.143. The van der Waals surface area contributed by atoms with Crippen molar-refractivity contribution in [1.82, 2.24) is 10.2 Å². The van der Waals surface area contributed by atoms with E-state index in [1.54, 1.807) is 0 Å². The van der Waals surface area contributed by atoms with Crippen LogP contribution in [0.15, 0.2) is 0 Å². The predicted molar refractivity (Wildman–Crippen MR) is 58.5 cm³/mol. The Bertz CT molecular complexity index is 284. The number of carboxylic acids is 1. The van der Waals surface area contributed by atoms with Crippen LogP contribution in [-0.4, -0.2) is 72.0 Å². The number of carbonyl (C=O) groups excluding carboxylic acids is 1. The largest absolute Gasteiger partial charge is 0.480 e. The number of carboxylic acid groups (broad SMARTS) is 1. The van der Waals surface area contributed by atoms with Gasteiger partial charge in [-0.2, -0.15) is 0 Å². The Balaban J connectivity index is 2.57. The molecule has 7 heteroatoms. The van der Waals surface area contributed by atoms with Gasteiger partial charge < -0.3 is 20.3 Å². The number of nitrogens with one attached hydrogen (secondary N) is 1. The van der Waals surface area contributed by atoms with Crippen molar-refractivity contribution >= 4 is 11.9 Å². The Morgan fingerprint density at radius 2 is 2.29 bits per heavy atom. The molecule has 0 bridgehead atoms. The quantitative estimate of drug-likeness (QED) is 0.533. The number of carbonyl (C=O) groups is 2. The highest BCUT2D eigenvalue weighted by molar-refractivity contribution is 5.82. The molecule has 0 radical (unpaired) electrons. The lowest BCUT2D eigenvalue weighted by Gasteiger charge is -2.35. The van der Waals surface area contributed by atoms with Crippen molar-refractivity contribution in [2.24, 2.45) is 0 Å².